The van der Waals surface area contributed by atoms with Crippen molar-refractivity contribution in [2.45, 2.75) is 13.5 Å². The second-order valence-electron chi connectivity index (χ2n) is 5.80. The van der Waals surface area contributed by atoms with E-state index in [2.05, 4.69) is 15.3 Å². The van der Waals surface area contributed by atoms with E-state index in [1.165, 1.54) is 16.9 Å². The summed E-state index contributed by atoms with van der Waals surface area (Å²) in [6.45, 7) is 2.51. The van der Waals surface area contributed by atoms with Crippen molar-refractivity contribution >= 4 is 28.5 Å². The van der Waals surface area contributed by atoms with E-state index in [-0.39, 0.29) is 5.91 Å². The number of hydrogen-bond donors (Lipinski definition) is 1. The monoisotopic (exact) mass is 349 g/mol. The Labute approximate surface area is 148 Å². The summed E-state index contributed by atoms with van der Waals surface area (Å²) in [4.78, 5) is 14.9. The van der Waals surface area contributed by atoms with Crippen LogP contribution in [0.5, 0.6) is 0 Å². The van der Waals surface area contributed by atoms with Crippen LogP contribution in [0.3, 0.4) is 0 Å². The Kier molecular flexibility index (Phi) is 3.77. The maximum Gasteiger partial charge on any atom is 0.262 e. The lowest BCUT2D eigenvalue weighted by Gasteiger charge is -2.21. The van der Waals surface area contributed by atoms with Gasteiger partial charge < -0.3 is 10.7 Å². The van der Waals surface area contributed by atoms with Crippen LogP contribution in [0.2, 0.25) is 0 Å². The van der Waals surface area contributed by atoms with Gasteiger partial charge in [-0.25, -0.2) is 0 Å². The number of amides is 1. The number of carbonyl (C=O) groups is 1. The molecule has 0 unspecified atom stereocenters. The second-order valence-corrected chi connectivity index (χ2v) is 6.63. The molecular formula is C18H15N5OS. The smallest absolute Gasteiger partial charge is 0.262 e. The molecule has 4 rings (SSSR count). The fourth-order valence-electron chi connectivity index (χ4n) is 2.98. The fourth-order valence-corrected chi connectivity index (χ4v) is 3.58. The van der Waals surface area contributed by atoms with Gasteiger partial charge in [0.05, 0.1) is 23.5 Å². The molecule has 0 saturated carbocycles. The molecule has 2 aliphatic rings. The average Bonchev–Trinajstić information content (AvgIpc) is 3.24. The van der Waals surface area contributed by atoms with Gasteiger partial charge in [-0.1, -0.05) is 47.2 Å². The quantitative estimate of drug-likeness (QED) is 0.681. The number of hydrogen-bond acceptors (Lipinski definition) is 6. The maximum absolute atomic E-state index is 13.1. The van der Waals surface area contributed by atoms with Gasteiger partial charge in [-0.3, -0.25) is 4.79 Å². The molecule has 2 aromatic rings. The third kappa shape index (κ3) is 2.58. The van der Waals surface area contributed by atoms with Crippen molar-refractivity contribution in [1.82, 2.24) is 15.1 Å². The number of hydrazone groups is 1. The highest BCUT2D eigenvalue weighted by atomic mass is 32.1. The first-order valence-corrected chi connectivity index (χ1v) is 8.62. The molecule has 0 radical (unpaired) electrons. The van der Waals surface area contributed by atoms with Crippen LogP contribution in [0.1, 0.15) is 16.1 Å². The first-order valence-electron chi connectivity index (χ1n) is 7.74. The van der Waals surface area contributed by atoms with Crippen LogP contribution in [0.25, 0.3) is 5.57 Å². The summed E-state index contributed by atoms with van der Waals surface area (Å²) >= 11 is 1.33. The zero-order chi connectivity index (χ0) is 17.4. The Morgan fingerprint density at radius 2 is 2.04 bits per heavy atom. The largest absolute Gasteiger partial charge is 0.323 e. The molecule has 0 spiro atoms. The number of aromatic nitrogens is 2. The number of rotatable bonds is 3. The number of aryl methyl sites for hydroxylation is 1. The predicted molar refractivity (Wildman–Crippen MR) is 97.4 cm³/mol. The summed E-state index contributed by atoms with van der Waals surface area (Å²) < 4.78 is 0. The van der Waals surface area contributed by atoms with E-state index in [1.54, 1.807) is 16.5 Å². The van der Waals surface area contributed by atoms with Gasteiger partial charge in [0, 0.05) is 5.57 Å². The van der Waals surface area contributed by atoms with Crippen molar-refractivity contribution in [3.05, 3.63) is 75.4 Å². The van der Waals surface area contributed by atoms with Crippen LogP contribution >= 0.6 is 11.3 Å². The normalized spacial score (nSPS) is 18.1. The topological polar surface area (TPSA) is 84.5 Å². The van der Waals surface area contributed by atoms with E-state index in [0.29, 0.717) is 22.8 Å². The molecule has 124 valence electrons. The minimum atomic E-state index is -0.108. The summed E-state index contributed by atoms with van der Waals surface area (Å²) in [6, 6.07) is 8.14. The molecule has 0 fully saturated rings. The summed E-state index contributed by atoms with van der Waals surface area (Å²) in [5.74, 6) is 5.44. The van der Waals surface area contributed by atoms with E-state index in [9.17, 15) is 4.79 Å². The van der Waals surface area contributed by atoms with Gasteiger partial charge in [-0.2, -0.15) is 5.10 Å². The SMILES string of the molecule is Cc1ccc(CN2C(=O)C(c3nncs3)=C3C2=CC=CC3=NN)cc1. The van der Waals surface area contributed by atoms with Gasteiger partial charge in [0.15, 0.2) is 5.01 Å². The molecule has 0 bridgehead atoms. The Hall–Kier alpha value is -3.06. The minimum Gasteiger partial charge on any atom is -0.323 e. The molecule has 25 heavy (non-hydrogen) atoms. The third-order valence-corrected chi connectivity index (χ3v) is 4.90. The molecule has 2 heterocycles. The Bertz CT molecular complexity index is 952. The molecule has 0 atom stereocenters. The Morgan fingerprint density at radius 3 is 2.72 bits per heavy atom. The van der Waals surface area contributed by atoms with Crippen molar-refractivity contribution in [2.75, 3.05) is 0 Å². The van der Waals surface area contributed by atoms with Crippen LogP contribution in [0, 0.1) is 6.92 Å². The van der Waals surface area contributed by atoms with Crippen molar-refractivity contribution < 1.29 is 4.79 Å². The second kappa shape index (κ2) is 6.10. The third-order valence-electron chi connectivity index (χ3n) is 4.19. The van der Waals surface area contributed by atoms with Crippen LogP contribution in [-0.2, 0) is 11.3 Å². The van der Waals surface area contributed by atoms with Crippen LogP contribution in [-0.4, -0.2) is 26.7 Å². The molecule has 1 amide bonds. The van der Waals surface area contributed by atoms with Crippen LogP contribution < -0.4 is 5.84 Å². The van der Waals surface area contributed by atoms with Crippen molar-refractivity contribution in [3.8, 4) is 0 Å². The highest BCUT2D eigenvalue weighted by Gasteiger charge is 2.39. The lowest BCUT2D eigenvalue weighted by atomic mass is 9.99. The lowest BCUT2D eigenvalue weighted by Crippen LogP contribution is -2.26. The number of nitrogens with zero attached hydrogens (tertiary/aromatic N) is 4. The first kappa shape index (κ1) is 15.5. The highest BCUT2D eigenvalue weighted by Crippen LogP contribution is 2.39. The Balaban J connectivity index is 1.79. The lowest BCUT2D eigenvalue weighted by molar-refractivity contribution is -0.122. The molecule has 1 aliphatic carbocycles. The number of carbonyl (C=O) groups excluding carboxylic acids is 1. The molecule has 7 heteroatoms. The van der Waals surface area contributed by atoms with Crippen LogP contribution in [0.15, 0.2) is 64.4 Å². The van der Waals surface area contributed by atoms with Crippen molar-refractivity contribution in [2.24, 2.45) is 10.9 Å². The van der Waals surface area contributed by atoms with E-state index in [1.807, 2.05) is 43.3 Å². The van der Waals surface area contributed by atoms with Crippen molar-refractivity contribution in [1.29, 1.82) is 0 Å². The molecule has 1 aliphatic heterocycles. The molecule has 1 aromatic carbocycles. The van der Waals surface area contributed by atoms with Gasteiger partial charge in [0.2, 0.25) is 0 Å². The standard InChI is InChI=1S/C18H15N5OS/c1-11-5-7-12(8-6-11)9-23-14-4-2-3-13(21-19)15(14)16(18(23)24)17-22-20-10-25-17/h2-8,10H,9,19H2,1H3. The number of nitrogens with two attached hydrogens (primary N) is 1. The van der Waals surface area contributed by atoms with Gasteiger partial charge in [0.1, 0.15) is 5.51 Å². The zero-order valence-electron chi connectivity index (χ0n) is 13.5. The van der Waals surface area contributed by atoms with E-state index < -0.39 is 0 Å². The summed E-state index contributed by atoms with van der Waals surface area (Å²) in [6.07, 6.45) is 5.55. The van der Waals surface area contributed by atoms with E-state index in [4.69, 9.17) is 5.84 Å². The molecule has 6 nitrogen and oxygen atoms in total. The first-order chi connectivity index (χ1) is 12.2. The summed E-state index contributed by atoms with van der Waals surface area (Å²) in [7, 11) is 0. The van der Waals surface area contributed by atoms with E-state index in [0.717, 1.165) is 16.8 Å². The van der Waals surface area contributed by atoms with Gasteiger partial charge in [-0.05, 0) is 24.6 Å². The number of allylic oxidation sites excluding steroid dienone is 4. The van der Waals surface area contributed by atoms with Crippen LogP contribution in [0.4, 0.5) is 0 Å². The maximum atomic E-state index is 13.1. The number of fused-ring (bicyclic) bond motifs is 1. The average molecular weight is 349 g/mol. The fraction of sp³-hybridized carbons (Fsp3) is 0.111. The van der Waals surface area contributed by atoms with E-state index >= 15 is 0 Å². The van der Waals surface area contributed by atoms with Gasteiger partial charge in [-0.15, -0.1) is 10.2 Å². The van der Waals surface area contributed by atoms with Crippen molar-refractivity contribution in [3.63, 3.8) is 0 Å². The summed E-state index contributed by atoms with van der Waals surface area (Å²) in [5, 5.41) is 12.4. The molecular weight excluding hydrogens is 334 g/mol. The predicted octanol–water partition coefficient (Wildman–Crippen LogP) is 2.41. The summed E-state index contributed by atoms with van der Waals surface area (Å²) in [5.41, 5.74) is 6.44. The molecule has 0 saturated heterocycles. The van der Waals surface area contributed by atoms with Gasteiger partial charge >= 0.3 is 0 Å². The zero-order valence-corrected chi connectivity index (χ0v) is 14.3. The minimum absolute atomic E-state index is 0.108. The molecule has 1 aromatic heterocycles. The van der Waals surface area contributed by atoms with Gasteiger partial charge in [0.25, 0.3) is 5.91 Å². The number of benzene rings is 1. The highest BCUT2D eigenvalue weighted by molar-refractivity contribution is 7.10. The molecule has 2 N–H and O–H groups in total. The Morgan fingerprint density at radius 1 is 1.24 bits per heavy atom.